The zero-order valence-corrected chi connectivity index (χ0v) is 17.8. The van der Waals surface area contributed by atoms with Gasteiger partial charge in [-0.15, -0.1) is 0 Å². The molecule has 0 saturated carbocycles. The molecule has 0 saturated heterocycles. The lowest BCUT2D eigenvalue weighted by Crippen LogP contribution is -2.11. The van der Waals surface area contributed by atoms with E-state index >= 15 is 0 Å². The maximum Gasteiger partial charge on any atom is 0.195 e. The Hall–Kier alpha value is -1.54. The predicted molar refractivity (Wildman–Crippen MR) is 114 cm³/mol. The lowest BCUT2D eigenvalue weighted by atomic mass is 10.0. The Morgan fingerprint density at radius 1 is 0.846 bits per heavy atom. The van der Waals surface area contributed by atoms with Crippen LogP contribution in [-0.2, 0) is 4.74 Å². The van der Waals surface area contributed by atoms with Gasteiger partial charge in [-0.3, -0.25) is 4.79 Å². The summed E-state index contributed by atoms with van der Waals surface area (Å²) in [6.45, 7) is 10.5. The van der Waals surface area contributed by atoms with Crippen LogP contribution in [0.15, 0.2) is 60.7 Å². The van der Waals surface area contributed by atoms with Gasteiger partial charge in [-0.05, 0) is 17.4 Å². The van der Waals surface area contributed by atoms with Gasteiger partial charge in [-0.25, -0.2) is 0 Å². The lowest BCUT2D eigenvalue weighted by Gasteiger charge is -2.09. The number of ketones is 1. The summed E-state index contributed by atoms with van der Waals surface area (Å²) in [4.78, 5) is 11.9. The molecule has 1 N–H and O–H groups in total. The van der Waals surface area contributed by atoms with Crippen molar-refractivity contribution >= 4 is 15.7 Å². The van der Waals surface area contributed by atoms with Crippen LogP contribution in [0.5, 0.6) is 0 Å². The summed E-state index contributed by atoms with van der Waals surface area (Å²) in [5.41, 5.74) is 1.15. The molecule has 2 atom stereocenters. The maximum atomic E-state index is 11.9. The van der Waals surface area contributed by atoms with E-state index in [-0.39, 0.29) is 15.7 Å². The summed E-state index contributed by atoms with van der Waals surface area (Å²) in [5.74, 6) is 1.07. The molecule has 2 rings (SSSR count). The molecule has 0 spiro atoms. The fourth-order valence-corrected chi connectivity index (χ4v) is 2.09. The highest BCUT2D eigenvalue weighted by Gasteiger charge is 2.18. The predicted octanol–water partition coefficient (Wildman–Crippen LogP) is 4.98. The van der Waals surface area contributed by atoms with Gasteiger partial charge in [0.15, 0.2) is 5.78 Å². The third kappa shape index (κ3) is 9.82. The largest absolute Gasteiger partial charge is 0.381 e. The van der Waals surface area contributed by atoms with Crippen LogP contribution in [0.4, 0.5) is 0 Å². The Morgan fingerprint density at radius 2 is 1.27 bits per heavy atom. The average molecular weight is 376 g/mol. The van der Waals surface area contributed by atoms with E-state index < -0.39 is 6.10 Å². The second kappa shape index (κ2) is 13.6. The minimum Gasteiger partial charge on any atom is -0.381 e. The van der Waals surface area contributed by atoms with E-state index in [4.69, 9.17) is 4.74 Å². The molecule has 0 radical (unpaired) electrons. The van der Waals surface area contributed by atoms with E-state index in [1.807, 2.05) is 12.1 Å². The number of carbonyl (C=O) groups is 1. The zero-order valence-electron chi connectivity index (χ0n) is 16.4. The third-order valence-electron chi connectivity index (χ3n) is 3.32. The quantitative estimate of drug-likeness (QED) is 0.548. The number of hydrogen-bond donors (Lipinski definition) is 1. The van der Waals surface area contributed by atoms with Crippen molar-refractivity contribution in [3.05, 3.63) is 71.8 Å². The number of aliphatic hydroxyl groups is 1. The van der Waals surface area contributed by atoms with Gasteiger partial charge in [0.1, 0.15) is 6.10 Å². The van der Waals surface area contributed by atoms with Gasteiger partial charge in [-0.2, -0.15) is 9.90 Å². The Kier molecular flexibility index (Phi) is 12.8. The first-order valence-electron chi connectivity index (χ1n) is 8.81. The molecule has 0 fully saturated rings. The van der Waals surface area contributed by atoms with Gasteiger partial charge < -0.3 is 9.84 Å². The third-order valence-corrected chi connectivity index (χ3v) is 3.32. The van der Waals surface area contributed by atoms with Crippen molar-refractivity contribution in [2.24, 2.45) is 11.8 Å². The molecule has 0 bridgehead atoms. The molecular weight excluding hydrogens is 343 g/mol. The summed E-state index contributed by atoms with van der Waals surface area (Å²) in [6.07, 6.45) is -1.08. The number of benzene rings is 2. The Labute approximate surface area is 161 Å². The number of ether oxygens (including phenoxy) is 1. The van der Waals surface area contributed by atoms with Crippen LogP contribution in [0.3, 0.4) is 0 Å². The Bertz CT molecular complexity index is 589. The molecule has 144 valence electrons. The van der Waals surface area contributed by atoms with Crippen LogP contribution in [0, 0.1) is 11.8 Å². The smallest absolute Gasteiger partial charge is 0.195 e. The van der Waals surface area contributed by atoms with Crippen LogP contribution in [0.2, 0.25) is 0 Å². The minimum atomic E-state index is -1.08. The highest BCUT2D eigenvalue weighted by Crippen LogP contribution is 2.17. The summed E-state index contributed by atoms with van der Waals surface area (Å²) in [6, 6.07) is 17.7. The summed E-state index contributed by atoms with van der Waals surface area (Å²) >= 11 is 0. The zero-order chi connectivity index (χ0) is 18.7. The molecule has 0 heterocycles. The highest BCUT2D eigenvalue weighted by molar-refractivity contribution is 6.92. The first-order chi connectivity index (χ1) is 11.9. The first kappa shape index (κ1) is 24.5. The monoisotopic (exact) mass is 376 g/mol. The summed E-state index contributed by atoms with van der Waals surface area (Å²) in [7, 11) is 0. The van der Waals surface area contributed by atoms with Crippen molar-refractivity contribution in [2.75, 3.05) is 13.2 Å². The molecule has 0 aliphatic rings. The first-order valence-corrected chi connectivity index (χ1v) is 8.81. The Morgan fingerprint density at radius 3 is 1.69 bits per heavy atom. The van der Waals surface area contributed by atoms with E-state index in [0.29, 0.717) is 23.0 Å². The number of aliphatic hydroxyl groups excluding tert-OH is 1. The lowest BCUT2D eigenvalue weighted by molar-refractivity contribution is 0.0747. The molecule has 2 unspecified atom stereocenters. The van der Waals surface area contributed by atoms with Gasteiger partial charge in [-0.1, -0.05) is 88.4 Å². The minimum absolute atomic E-state index is 0. The van der Waals surface area contributed by atoms with Crippen molar-refractivity contribution in [1.29, 1.82) is 0 Å². The van der Waals surface area contributed by atoms with Gasteiger partial charge in [0.2, 0.25) is 0 Å². The van der Waals surface area contributed by atoms with Gasteiger partial charge in [0.25, 0.3) is 0 Å². The van der Waals surface area contributed by atoms with Crippen LogP contribution < -0.4 is 0 Å². The number of carbonyl (C=O) groups excluding carboxylic acids is 1. The SMILES string of the molecule is CC(C)COCC(C)C.O=C(c1ccccc1)C(O)c1ccccc1.P. The molecule has 4 heteroatoms. The molecule has 0 aliphatic heterocycles. The van der Waals surface area contributed by atoms with E-state index in [0.717, 1.165) is 13.2 Å². The van der Waals surface area contributed by atoms with Gasteiger partial charge >= 0.3 is 0 Å². The van der Waals surface area contributed by atoms with Crippen molar-refractivity contribution in [1.82, 2.24) is 0 Å². The molecule has 0 aromatic heterocycles. The second-order valence-corrected chi connectivity index (χ2v) is 6.87. The average Bonchev–Trinajstić information content (AvgIpc) is 2.62. The highest BCUT2D eigenvalue weighted by atomic mass is 31.0. The number of hydrogen-bond acceptors (Lipinski definition) is 3. The maximum absolute atomic E-state index is 11.9. The molecule has 26 heavy (non-hydrogen) atoms. The van der Waals surface area contributed by atoms with E-state index in [9.17, 15) is 9.90 Å². The van der Waals surface area contributed by atoms with Crippen molar-refractivity contribution in [2.45, 2.75) is 33.8 Å². The summed E-state index contributed by atoms with van der Waals surface area (Å²) < 4.78 is 5.36. The second-order valence-electron chi connectivity index (χ2n) is 6.87. The molecule has 3 nitrogen and oxygen atoms in total. The summed E-state index contributed by atoms with van der Waals surface area (Å²) in [5, 5.41) is 9.89. The van der Waals surface area contributed by atoms with Crippen molar-refractivity contribution in [3.63, 3.8) is 0 Å². The van der Waals surface area contributed by atoms with Crippen LogP contribution in [0.25, 0.3) is 0 Å². The fourth-order valence-electron chi connectivity index (χ4n) is 2.09. The van der Waals surface area contributed by atoms with E-state index in [1.54, 1.807) is 48.5 Å². The van der Waals surface area contributed by atoms with Crippen molar-refractivity contribution in [3.8, 4) is 0 Å². The fraction of sp³-hybridized carbons (Fsp3) is 0.409. The van der Waals surface area contributed by atoms with Crippen LogP contribution in [-0.4, -0.2) is 24.1 Å². The van der Waals surface area contributed by atoms with Gasteiger partial charge in [0.05, 0.1) is 0 Å². The molecule has 0 aliphatic carbocycles. The van der Waals surface area contributed by atoms with E-state index in [1.165, 1.54) is 0 Å². The van der Waals surface area contributed by atoms with Crippen molar-refractivity contribution < 1.29 is 14.6 Å². The normalized spacial score (nSPS) is 11.3. The molecule has 0 amide bonds. The molecule has 2 aromatic rings. The molecule has 2 aromatic carbocycles. The standard InChI is InChI=1S/C14H12O2.C8H18O.H3P/c15-13(11-7-3-1-4-8-11)14(16)12-9-5-2-6-10-12;1-7(2)5-9-6-8(3)4;/h1-10,13,15H;7-8H,5-6H2,1-4H3;1H3. The number of Topliss-reactive ketones (excluding diaryl/α,β-unsaturated/α-hetero) is 1. The Balaban J connectivity index is 0.000000543. The molecular formula is C22H33O3P. The topological polar surface area (TPSA) is 46.5 Å². The van der Waals surface area contributed by atoms with Crippen LogP contribution in [0.1, 0.15) is 49.7 Å². The van der Waals surface area contributed by atoms with E-state index in [2.05, 4.69) is 27.7 Å². The van der Waals surface area contributed by atoms with Crippen LogP contribution >= 0.6 is 9.90 Å². The van der Waals surface area contributed by atoms with Gasteiger partial charge in [0, 0.05) is 18.8 Å². The number of rotatable bonds is 7.